The van der Waals surface area contributed by atoms with Crippen molar-refractivity contribution in [2.24, 2.45) is 0 Å². The molecule has 0 bridgehead atoms. The Morgan fingerprint density at radius 1 is 1.50 bits per heavy atom. The second-order valence-corrected chi connectivity index (χ2v) is 2.55. The molecule has 1 aliphatic carbocycles. The predicted octanol–water partition coefficient (Wildman–Crippen LogP) is 1.17. The van der Waals surface area contributed by atoms with Crippen LogP contribution in [-0.2, 0) is 4.74 Å². The second-order valence-electron chi connectivity index (χ2n) is 2.55. The normalized spacial score (nSPS) is 23.2. The molecule has 0 saturated heterocycles. The SMILES string of the molecule is C1=CC2=C(CC1)OCCN2. The molecule has 2 rings (SSSR count). The number of nitrogens with one attached hydrogen (secondary N) is 1. The maximum absolute atomic E-state index is 5.45. The molecule has 0 atom stereocenters. The number of allylic oxidation sites excluding steroid dienone is 3. The van der Waals surface area contributed by atoms with E-state index in [9.17, 15) is 0 Å². The summed E-state index contributed by atoms with van der Waals surface area (Å²) in [4.78, 5) is 0. The molecule has 1 N–H and O–H groups in total. The summed E-state index contributed by atoms with van der Waals surface area (Å²) in [5.41, 5.74) is 1.19. The highest BCUT2D eigenvalue weighted by molar-refractivity contribution is 5.25. The van der Waals surface area contributed by atoms with Gasteiger partial charge in [-0.25, -0.2) is 0 Å². The predicted molar refractivity (Wildman–Crippen MR) is 39.4 cm³/mol. The van der Waals surface area contributed by atoms with E-state index in [-0.39, 0.29) is 0 Å². The Morgan fingerprint density at radius 2 is 2.50 bits per heavy atom. The van der Waals surface area contributed by atoms with Crippen LogP contribution in [0.4, 0.5) is 0 Å². The largest absolute Gasteiger partial charge is 0.494 e. The fraction of sp³-hybridized carbons (Fsp3) is 0.500. The molecule has 0 aromatic heterocycles. The fourth-order valence-electron chi connectivity index (χ4n) is 1.31. The van der Waals surface area contributed by atoms with E-state index in [2.05, 4.69) is 17.5 Å². The number of rotatable bonds is 0. The summed E-state index contributed by atoms with van der Waals surface area (Å²) in [6.45, 7) is 1.77. The lowest BCUT2D eigenvalue weighted by Gasteiger charge is -2.22. The number of ether oxygens (including phenoxy) is 1. The highest BCUT2D eigenvalue weighted by atomic mass is 16.5. The zero-order valence-electron chi connectivity index (χ0n) is 5.89. The summed E-state index contributed by atoms with van der Waals surface area (Å²) in [6, 6.07) is 0. The van der Waals surface area contributed by atoms with Crippen molar-refractivity contribution in [1.29, 1.82) is 0 Å². The van der Waals surface area contributed by atoms with Gasteiger partial charge in [-0.15, -0.1) is 0 Å². The minimum absolute atomic E-state index is 0.826. The zero-order valence-corrected chi connectivity index (χ0v) is 5.89. The molecule has 1 heterocycles. The minimum Gasteiger partial charge on any atom is -0.494 e. The van der Waals surface area contributed by atoms with Crippen molar-refractivity contribution in [1.82, 2.24) is 5.32 Å². The van der Waals surface area contributed by atoms with Gasteiger partial charge in [-0.2, -0.15) is 0 Å². The van der Waals surface area contributed by atoms with Crippen LogP contribution >= 0.6 is 0 Å². The van der Waals surface area contributed by atoms with Crippen molar-refractivity contribution in [3.8, 4) is 0 Å². The summed E-state index contributed by atoms with van der Waals surface area (Å²) in [7, 11) is 0. The van der Waals surface area contributed by atoms with Gasteiger partial charge >= 0.3 is 0 Å². The van der Waals surface area contributed by atoms with E-state index in [0.29, 0.717) is 0 Å². The smallest absolute Gasteiger partial charge is 0.119 e. The first-order valence-corrected chi connectivity index (χ1v) is 3.73. The molecule has 0 aromatic carbocycles. The Balaban J connectivity index is 2.23. The van der Waals surface area contributed by atoms with Gasteiger partial charge in [0.05, 0.1) is 5.70 Å². The first kappa shape index (κ1) is 5.83. The lowest BCUT2D eigenvalue weighted by atomic mass is 10.1. The fourth-order valence-corrected chi connectivity index (χ4v) is 1.31. The highest BCUT2D eigenvalue weighted by Crippen LogP contribution is 2.19. The van der Waals surface area contributed by atoms with Gasteiger partial charge in [0, 0.05) is 13.0 Å². The van der Waals surface area contributed by atoms with Crippen LogP contribution in [0.1, 0.15) is 12.8 Å². The van der Waals surface area contributed by atoms with Crippen molar-refractivity contribution in [2.75, 3.05) is 13.2 Å². The topological polar surface area (TPSA) is 21.3 Å². The molecule has 0 amide bonds. The van der Waals surface area contributed by atoms with Gasteiger partial charge in [0.25, 0.3) is 0 Å². The molecule has 54 valence electrons. The van der Waals surface area contributed by atoms with Crippen molar-refractivity contribution in [2.45, 2.75) is 12.8 Å². The van der Waals surface area contributed by atoms with E-state index in [1.54, 1.807) is 0 Å². The first-order valence-electron chi connectivity index (χ1n) is 3.73. The third kappa shape index (κ3) is 0.897. The van der Waals surface area contributed by atoms with Crippen molar-refractivity contribution < 1.29 is 4.74 Å². The maximum atomic E-state index is 5.45. The van der Waals surface area contributed by atoms with Crippen molar-refractivity contribution >= 4 is 0 Å². The lowest BCUT2D eigenvalue weighted by molar-refractivity contribution is 0.182. The Kier molecular flexibility index (Phi) is 1.38. The van der Waals surface area contributed by atoms with Gasteiger partial charge in [0.1, 0.15) is 12.4 Å². The molecule has 1 aliphatic heterocycles. The van der Waals surface area contributed by atoms with Crippen LogP contribution in [0.2, 0.25) is 0 Å². The molecule has 0 saturated carbocycles. The van der Waals surface area contributed by atoms with Crippen LogP contribution in [0, 0.1) is 0 Å². The van der Waals surface area contributed by atoms with Gasteiger partial charge < -0.3 is 10.1 Å². The molecule has 2 nitrogen and oxygen atoms in total. The molecule has 0 aromatic rings. The Morgan fingerprint density at radius 3 is 3.40 bits per heavy atom. The van der Waals surface area contributed by atoms with Gasteiger partial charge in [-0.1, -0.05) is 6.08 Å². The van der Waals surface area contributed by atoms with E-state index in [1.165, 1.54) is 5.70 Å². The van der Waals surface area contributed by atoms with Crippen LogP contribution < -0.4 is 5.32 Å². The van der Waals surface area contributed by atoms with Crippen LogP contribution in [0.25, 0.3) is 0 Å². The van der Waals surface area contributed by atoms with Gasteiger partial charge in [0.2, 0.25) is 0 Å². The summed E-state index contributed by atoms with van der Waals surface area (Å²) in [6.07, 6.45) is 6.48. The van der Waals surface area contributed by atoms with E-state index in [4.69, 9.17) is 4.74 Å². The highest BCUT2D eigenvalue weighted by Gasteiger charge is 2.12. The first-order chi connectivity index (χ1) is 4.97. The van der Waals surface area contributed by atoms with Crippen LogP contribution in [0.15, 0.2) is 23.6 Å². The number of hydrogen-bond acceptors (Lipinski definition) is 2. The van der Waals surface area contributed by atoms with Gasteiger partial charge in [-0.3, -0.25) is 0 Å². The minimum atomic E-state index is 0.826. The Hall–Kier alpha value is -0.920. The third-order valence-corrected chi connectivity index (χ3v) is 1.82. The van der Waals surface area contributed by atoms with Crippen molar-refractivity contribution in [3.05, 3.63) is 23.6 Å². The summed E-state index contributed by atoms with van der Waals surface area (Å²) < 4.78 is 5.45. The van der Waals surface area contributed by atoms with Crippen LogP contribution in [0.5, 0.6) is 0 Å². The van der Waals surface area contributed by atoms with Gasteiger partial charge in [-0.05, 0) is 12.5 Å². The summed E-state index contributed by atoms with van der Waals surface area (Å²) in [5.74, 6) is 1.15. The van der Waals surface area contributed by atoms with Crippen molar-refractivity contribution in [3.63, 3.8) is 0 Å². The standard InChI is InChI=1S/C8H11NO/c1-2-4-8-7(3-1)9-5-6-10-8/h1,3,9H,2,4-6H2. The molecule has 0 fully saturated rings. The Labute approximate surface area is 60.6 Å². The quantitative estimate of drug-likeness (QED) is 0.541. The zero-order chi connectivity index (χ0) is 6.81. The lowest BCUT2D eigenvalue weighted by Crippen LogP contribution is -2.26. The monoisotopic (exact) mass is 137 g/mol. The molecular weight excluding hydrogens is 126 g/mol. The van der Waals surface area contributed by atoms with Crippen LogP contribution in [0.3, 0.4) is 0 Å². The van der Waals surface area contributed by atoms with E-state index < -0.39 is 0 Å². The number of hydrogen-bond donors (Lipinski definition) is 1. The molecule has 2 aliphatic rings. The van der Waals surface area contributed by atoms with E-state index in [1.807, 2.05) is 0 Å². The maximum Gasteiger partial charge on any atom is 0.119 e. The molecule has 0 unspecified atom stereocenters. The molecule has 2 heteroatoms. The van der Waals surface area contributed by atoms with Gasteiger partial charge in [0.15, 0.2) is 0 Å². The molecule has 10 heavy (non-hydrogen) atoms. The van der Waals surface area contributed by atoms with Crippen LogP contribution in [-0.4, -0.2) is 13.2 Å². The molecule has 0 spiro atoms. The average Bonchev–Trinajstić information content (AvgIpc) is 2.05. The van der Waals surface area contributed by atoms with E-state index >= 15 is 0 Å². The summed E-state index contributed by atoms with van der Waals surface area (Å²) >= 11 is 0. The second kappa shape index (κ2) is 2.37. The average molecular weight is 137 g/mol. The Bertz CT molecular complexity index is 193. The third-order valence-electron chi connectivity index (χ3n) is 1.82. The van der Waals surface area contributed by atoms with E-state index in [0.717, 1.165) is 31.8 Å². The molecule has 0 radical (unpaired) electrons. The summed E-state index contributed by atoms with van der Waals surface area (Å²) in [5, 5.41) is 3.29. The molecular formula is C8H11NO.